The molecule has 1 saturated heterocycles. The molecule has 2 fully saturated rings. The van der Waals surface area contributed by atoms with Crippen LogP contribution in [0, 0.1) is 5.92 Å². The number of nitrogens with zero attached hydrogens (tertiary/aromatic N) is 2. The predicted molar refractivity (Wildman–Crippen MR) is 132 cm³/mol. The van der Waals surface area contributed by atoms with Crippen molar-refractivity contribution in [1.82, 2.24) is 10.6 Å². The summed E-state index contributed by atoms with van der Waals surface area (Å²) in [7, 11) is 1.18. The molecule has 1 aromatic rings. The van der Waals surface area contributed by atoms with Gasteiger partial charge in [-0.2, -0.15) is 13.2 Å². The first-order valence-corrected chi connectivity index (χ1v) is 11.8. The molecule has 0 radical (unpaired) electrons. The third-order valence-corrected chi connectivity index (χ3v) is 6.54. The number of hydrogen-bond donors (Lipinski definition) is 3. The van der Waals surface area contributed by atoms with Gasteiger partial charge in [-0.15, -0.1) is 0 Å². The van der Waals surface area contributed by atoms with Crippen LogP contribution in [0.15, 0.2) is 47.7 Å². The molecule has 0 bridgehead atoms. The summed E-state index contributed by atoms with van der Waals surface area (Å²) in [5, 5.41) is 5.60. The molecule has 4 N–H and O–H groups in total. The Bertz CT molecular complexity index is 1100. The van der Waals surface area contributed by atoms with E-state index in [1.807, 2.05) is 0 Å². The Balaban J connectivity index is 1.58. The third-order valence-electron chi connectivity index (χ3n) is 6.54. The minimum Gasteiger partial charge on any atom is -0.465 e. The minimum atomic E-state index is -4.54. The van der Waals surface area contributed by atoms with E-state index in [-0.39, 0.29) is 28.6 Å². The molecule has 1 aliphatic heterocycles. The molecule has 0 atom stereocenters. The fourth-order valence-corrected chi connectivity index (χ4v) is 4.17. The minimum absolute atomic E-state index is 0.0673. The average Bonchev–Trinajstić information content (AvgIpc) is 3.67. The molecule has 9 nitrogen and oxygen atoms in total. The SMILES string of the molecule is C=C/N=C\C(=C/N)C(=O)NC1(C(=O)NCC2CCN(c3cc(C(F)(F)F)ccc3C(=O)OC)CC2)CC1. The molecule has 2 amide bonds. The van der Waals surface area contributed by atoms with E-state index in [1.165, 1.54) is 19.5 Å². The maximum Gasteiger partial charge on any atom is 0.416 e. The number of alkyl halides is 3. The molecule has 0 aromatic heterocycles. The van der Waals surface area contributed by atoms with E-state index in [4.69, 9.17) is 10.5 Å². The zero-order valence-corrected chi connectivity index (χ0v) is 20.4. The highest BCUT2D eigenvalue weighted by Gasteiger charge is 2.51. The van der Waals surface area contributed by atoms with Crippen molar-refractivity contribution in [3.63, 3.8) is 0 Å². The van der Waals surface area contributed by atoms with Gasteiger partial charge in [0.2, 0.25) is 5.91 Å². The Morgan fingerprint density at radius 3 is 2.49 bits per heavy atom. The highest BCUT2D eigenvalue weighted by Crippen LogP contribution is 2.37. The Morgan fingerprint density at radius 2 is 1.95 bits per heavy atom. The second-order valence-electron chi connectivity index (χ2n) is 8.98. The molecule has 200 valence electrons. The number of anilines is 1. The Kier molecular flexibility index (Phi) is 8.61. The maximum atomic E-state index is 13.3. The number of amides is 2. The van der Waals surface area contributed by atoms with E-state index in [2.05, 4.69) is 22.2 Å². The second kappa shape index (κ2) is 11.5. The standard InChI is InChI=1S/C25H30F3N5O4/c1-3-30-15-17(13-29)21(34)32-24(8-9-24)23(36)31-14-16-6-10-33(11-7-16)20-12-18(25(26,27)28)4-5-19(20)22(35)37-2/h3-5,12-13,15-16H,1,6-11,14,29H2,2H3,(H,31,36)(H,32,34)/b17-13+,30-15-. The number of rotatable bonds is 9. The van der Waals surface area contributed by atoms with E-state index in [1.54, 1.807) is 4.90 Å². The molecule has 3 rings (SSSR count). The number of benzene rings is 1. The topological polar surface area (TPSA) is 126 Å². The zero-order chi connectivity index (χ0) is 27.2. The molecule has 0 spiro atoms. The Labute approximate surface area is 212 Å². The van der Waals surface area contributed by atoms with Crippen LogP contribution in [0.25, 0.3) is 0 Å². The number of nitrogens with one attached hydrogen (secondary N) is 2. The van der Waals surface area contributed by atoms with Gasteiger partial charge in [0.25, 0.3) is 5.91 Å². The van der Waals surface area contributed by atoms with Gasteiger partial charge in [0, 0.05) is 38.2 Å². The number of halogens is 3. The van der Waals surface area contributed by atoms with Gasteiger partial charge in [0.15, 0.2) is 0 Å². The van der Waals surface area contributed by atoms with Crippen LogP contribution in [0.3, 0.4) is 0 Å². The molecule has 2 aliphatic rings. The van der Waals surface area contributed by atoms with E-state index in [0.717, 1.165) is 24.4 Å². The van der Waals surface area contributed by atoms with E-state index in [9.17, 15) is 27.6 Å². The van der Waals surface area contributed by atoms with Crippen molar-refractivity contribution >= 4 is 29.7 Å². The molecule has 1 aliphatic carbocycles. The molecule has 12 heteroatoms. The smallest absolute Gasteiger partial charge is 0.416 e. The Hall–Kier alpha value is -3.83. The number of aliphatic imine (C=N–C) groups is 1. The van der Waals surface area contributed by atoms with Crippen molar-refractivity contribution in [1.29, 1.82) is 0 Å². The summed E-state index contributed by atoms with van der Waals surface area (Å²) in [4.78, 5) is 42.9. The van der Waals surface area contributed by atoms with Crippen LogP contribution < -0.4 is 21.3 Å². The number of ether oxygens (including phenoxy) is 1. The fourth-order valence-electron chi connectivity index (χ4n) is 4.17. The number of carbonyl (C=O) groups excluding carboxylic acids is 3. The lowest BCUT2D eigenvalue weighted by molar-refractivity contribution is -0.137. The number of nitrogens with two attached hydrogens (primary N) is 1. The summed E-state index contributed by atoms with van der Waals surface area (Å²) in [6.07, 6.45) is 1.23. The van der Waals surface area contributed by atoms with Gasteiger partial charge in [0.05, 0.1) is 29.5 Å². The van der Waals surface area contributed by atoms with Crippen LogP contribution in [0.1, 0.15) is 41.6 Å². The summed E-state index contributed by atoms with van der Waals surface area (Å²) in [5.74, 6) is -1.45. The lowest BCUT2D eigenvalue weighted by Gasteiger charge is -2.35. The quantitative estimate of drug-likeness (QED) is 0.261. The first-order valence-electron chi connectivity index (χ1n) is 11.8. The molecule has 37 heavy (non-hydrogen) atoms. The maximum absolute atomic E-state index is 13.3. The highest BCUT2D eigenvalue weighted by molar-refractivity contribution is 6.13. The monoisotopic (exact) mass is 521 g/mol. The normalized spacial score (nSPS) is 17.8. The molecular weight excluding hydrogens is 491 g/mol. The van der Waals surface area contributed by atoms with Gasteiger partial charge in [-0.05, 0) is 49.8 Å². The van der Waals surface area contributed by atoms with Gasteiger partial charge < -0.3 is 26.0 Å². The zero-order valence-electron chi connectivity index (χ0n) is 20.4. The first-order chi connectivity index (χ1) is 17.5. The van der Waals surface area contributed by atoms with Crippen molar-refractivity contribution in [2.75, 3.05) is 31.6 Å². The number of esters is 1. The van der Waals surface area contributed by atoms with E-state index in [0.29, 0.717) is 45.3 Å². The number of carbonyl (C=O) groups is 3. The highest BCUT2D eigenvalue weighted by atomic mass is 19.4. The summed E-state index contributed by atoms with van der Waals surface area (Å²) in [6.45, 7) is 4.59. The number of hydrogen-bond acceptors (Lipinski definition) is 7. The summed E-state index contributed by atoms with van der Waals surface area (Å²) >= 11 is 0. The van der Waals surface area contributed by atoms with Gasteiger partial charge in [-0.1, -0.05) is 6.58 Å². The van der Waals surface area contributed by atoms with Crippen LogP contribution in [-0.2, 0) is 20.5 Å². The molecule has 0 unspecified atom stereocenters. The third kappa shape index (κ3) is 6.69. The lowest BCUT2D eigenvalue weighted by atomic mass is 9.95. The van der Waals surface area contributed by atoms with Crippen LogP contribution in [0.5, 0.6) is 0 Å². The first kappa shape index (κ1) is 27.8. The van der Waals surface area contributed by atoms with Gasteiger partial charge in [0.1, 0.15) is 5.54 Å². The van der Waals surface area contributed by atoms with Crippen molar-refractivity contribution in [2.24, 2.45) is 16.6 Å². The van der Waals surface area contributed by atoms with Crippen LogP contribution in [-0.4, -0.2) is 56.3 Å². The summed E-state index contributed by atoms with van der Waals surface area (Å²) in [6, 6.07) is 2.97. The van der Waals surface area contributed by atoms with E-state index >= 15 is 0 Å². The fraction of sp³-hybridized carbons (Fsp3) is 0.440. The second-order valence-corrected chi connectivity index (χ2v) is 8.98. The van der Waals surface area contributed by atoms with Crippen molar-refractivity contribution in [3.05, 3.63) is 53.9 Å². The summed E-state index contributed by atoms with van der Waals surface area (Å²) in [5.41, 5.74) is 3.97. The van der Waals surface area contributed by atoms with Crippen molar-refractivity contribution < 1.29 is 32.3 Å². The van der Waals surface area contributed by atoms with Crippen molar-refractivity contribution in [3.8, 4) is 0 Å². The Morgan fingerprint density at radius 1 is 1.27 bits per heavy atom. The molecular formula is C25H30F3N5O4. The van der Waals surface area contributed by atoms with Gasteiger partial charge in [-0.3, -0.25) is 14.6 Å². The molecule has 1 aromatic carbocycles. The molecule has 1 saturated carbocycles. The average molecular weight is 522 g/mol. The predicted octanol–water partition coefficient (Wildman–Crippen LogP) is 2.53. The van der Waals surface area contributed by atoms with Crippen molar-refractivity contribution in [2.45, 2.75) is 37.4 Å². The summed E-state index contributed by atoms with van der Waals surface area (Å²) < 4.78 is 44.5. The lowest BCUT2D eigenvalue weighted by Crippen LogP contribution is -2.51. The van der Waals surface area contributed by atoms with Gasteiger partial charge in [-0.25, -0.2) is 4.79 Å². The number of piperidine rings is 1. The van der Waals surface area contributed by atoms with Crippen LogP contribution in [0.4, 0.5) is 18.9 Å². The van der Waals surface area contributed by atoms with Crippen LogP contribution >= 0.6 is 0 Å². The number of methoxy groups -OCH3 is 1. The largest absolute Gasteiger partial charge is 0.465 e. The van der Waals surface area contributed by atoms with Gasteiger partial charge >= 0.3 is 12.1 Å². The van der Waals surface area contributed by atoms with E-state index < -0.39 is 29.2 Å². The van der Waals surface area contributed by atoms with Crippen LogP contribution in [0.2, 0.25) is 0 Å². The molecule has 1 heterocycles.